The average molecular weight is 258 g/mol. The molecular weight excluding hydrogens is 244 g/mol. The fourth-order valence-electron chi connectivity index (χ4n) is 1.75. The molecule has 5 heteroatoms. The van der Waals surface area contributed by atoms with Crippen molar-refractivity contribution in [3.05, 3.63) is 64.2 Å². The molecule has 2 aromatic carbocycles. The van der Waals surface area contributed by atoms with Gasteiger partial charge in [0.15, 0.2) is 0 Å². The Balaban J connectivity index is 2.34. The molecule has 2 rings (SSSR count). The Labute approximate surface area is 111 Å². The molecule has 0 amide bonds. The summed E-state index contributed by atoms with van der Waals surface area (Å²) in [5, 5.41) is 14.0. The number of ether oxygens (including phenoxy) is 1. The first-order chi connectivity index (χ1) is 9.22. The van der Waals surface area contributed by atoms with Crippen LogP contribution in [-0.4, -0.2) is 12.0 Å². The predicted octanol–water partition coefficient (Wildman–Crippen LogP) is 3.11. The number of hydrogen-bond donors (Lipinski definition) is 1. The van der Waals surface area contributed by atoms with Gasteiger partial charge in [0.1, 0.15) is 5.75 Å². The number of nitrogens with zero attached hydrogens (tertiary/aromatic N) is 1. The van der Waals surface area contributed by atoms with E-state index in [0.717, 1.165) is 5.56 Å². The van der Waals surface area contributed by atoms with Crippen LogP contribution in [-0.2, 0) is 6.54 Å². The van der Waals surface area contributed by atoms with Crippen molar-refractivity contribution in [2.24, 2.45) is 0 Å². The van der Waals surface area contributed by atoms with Gasteiger partial charge in [-0.25, -0.2) is 0 Å². The maximum Gasteiger partial charge on any atom is 0.311 e. The van der Waals surface area contributed by atoms with Crippen LogP contribution in [0.15, 0.2) is 48.5 Å². The molecule has 2 aromatic rings. The van der Waals surface area contributed by atoms with Gasteiger partial charge in [0.05, 0.1) is 4.92 Å². The SMILES string of the molecule is CNCc1ccccc1Oc1ccccc1[N+](=O)[O-]. The first-order valence-corrected chi connectivity index (χ1v) is 5.86. The maximum absolute atomic E-state index is 10.9. The normalized spacial score (nSPS) is 10.2. The van der Waals surface area contributed by atoms with E-state index in [0.29, 0.717) is 12.3 Å². The molecule has 0 aliphatic carbocycles. The quantitative estimate of drug-likeness (QED) is 0.661. The highest BCUT2D eigenvalue weighted by Gasteiger charge is 2.15. The molecule has 0 spiro atoms. The number of nitrogens with one attached hydrogen (secondary N) is 1. The molecule has 0 aliphatic heterocycles. The Bertz CT molecular complexity index is 584. The average Bonchev–Trinajstić information content (AvgIpc) is 2.42. The van der Waals surface area contributed by atoms with Crippen LogP contribution in [0.3, 0.4) is 0 Å². The van der Waals surface area contributed by atoms with E-state index >= 15 is 0 Å². The van der Waals surface area contributed by atoms with Gasteiger partial charge in [-0.2, -0.15) is 0 Å². The van der Waals surface area contributed by atoms with Gasteiger partial charge in [-0.05, 0) is 19.2 Å². The molecule has 0 bridgehead atoms. The second kappa shape index (κ2) is 5.97. The van der Waals surface area contributed by atoms with Gasteiger partial charge in [-0.15, -0.1) is 0 Å². The highest BCUT2D eigenvalue weighted by atomic mass is 16.6. The molecule has 5 nitrogen and oxygen atoms in total. The molecule has 0 saturated heterocycles. The van der Waals surface area contributed by atoms with Gasteiger partial charge in [-0.1, -0.05) is 30.3 Å². The van der Waals surface area contributed by atoms with E-state index in [4.69, 9.17) is 4.74 Å². The molecule has 0 unspecified atom stereocenters. The smallest absolute Gasteiger partial charge is 0.311 e. The van der Waals surface area contributed by atoms with Gasteiger partial charge >= 0.3 is 5.69 Å². The van der Waals surface area contributed by atoms with Gasteiger partial charge in [0.25, 0.3) is 0 Å². The summed E-state index contributed by atoms with van der Waals surface area (Å²) < 4.78 is 5.67. The molecule has 0 saturated carbocycles. The van der Waals surface area contributed by atoms with Crippen LogP contribution in [0.1, 0.15) is 5.56 Å². The molecule has 0 fully saturated rings. The molecule has 0 aliphatic rings. The van der Waals surface area contributed by atoms with Crippen molar-refractivity contribution in [2.75, 3.05) is 7.05 Å². The third kappa shape index (κ3) is 3.08. The zero-order valence-corrected chi connectivity index (χ0v) is 10.5. The lowest BCUT2D eigenvalue weighted by Crippen LogP contribution is -2.06. The lowest BCUT2D eigenvalue weighted by atomic mass is 10.2. The van der Waals surface area contributed by atoms with Gasteiger partial charge < -0.3 is 10.1 Å². The summed E-state index contributed by atoms with van der Waals surface area (Å²) in [6, 6.07) is 13.8. The molecule has 0 radical (unpaired) electrons. The third-order valence-electron chi connectivity index (χ3n) is 2.62. The summed E-state index contributed by atoms with van der Waals surface area (Å²) in [7, 11) is 1.84. The fourth-order valence-corrected chi connectivity index (χ4v) is 1.75. The molecule has 19 heavy (non-hydrogen) atoms. The van der Waals surface area contributed by atoms with Crippen LogP contribution >= 0.6 is 0 Å². The molecule has 0 atom stereocenters. The summed E-state index contributed by atoms with van der Waals surface area (Å²) >= 11 is 0. The van der Waals surface area contributed by atoms with E-state index in [-0.39, 0.29) is 11.4 Å². The van der Waals surface area contributed by atoms with Crippen molar-refractivity contribution in [1.82, 2.24) is 5.32 Å². The zero-order chi connectivity index (χ0) is 13.7. The molecule has 0 heterocycles. The van der Waals surface area contributed by atoms with Crippen molar-refractivity contribution < 1.29 is 9.66 Å². The Morgan fingerprint density at radius 1 is 1.11 bits per heavy atom. The van der Waals surface area contributed by atoms with Gasteiger partial charge in [0, 0.05) is 18.2 Å². The van der Waals surface area contributed by atoms with Crippen molar-refractivity contribution in [3.8, 4) is 11.5 Å². The predicted molar refractivity (Wildman–Crippen MR) is 72.4 cm³/mol. The molecule has 0 aromatic heterocycles. The highest BCUT2D eigenvalue weighted by molar-refractivity contribution is 5.49. The van der Waals surface area contributed by atoms with Crippen LogP contribution < -0.4 is 10.1 Å². The number of nitro benzene ring substituents is 1. The van der Waals surface area contributed by atoms with Crippen LogP contribution in [0.2, 0.25) is 0 Å². The van der Waals surface area contributed by atoms with Crippen LogP contribution in [0.4, 0.5) is 5.69 Å². The monoisotopic (exact) mass is 258 g/mol. The van der Waals surface area contributed by atoms with Gasteiger partial charge in [-0.3, -0.25) is 10.1 Å². The molecule has 98 valence electrons. The Morgan fingerprint density at radius 2 is 1.74 bits per heavy atom. The van der Waals surface area contributed by atoms with Crippen molar-refractivity contribution in [3.63, 3.8) is 0 Å². The minimum atomic E-state index is -0.448. The van der Waals surface area contributed by atoms with Crippen LogP contribution in [0, 0.1) is 10.1 Å². The second-order valence-electron chi connectivity index (χ2n) is 3.96. The maximum atomic E-state index is 10.9. The number of hydrogen-bond acceptors (Lipinski definition) is 4. The Morgan fingerprint density at radius 3 is 2.42 bits per heavy atom. The number of nitro groups is 1. The molecular formula is C14H14N2O3. The Kier molecular flexibility index (Phi) is 4.10. The minimum absolute atomic E-state index is 0.0400. The topological polar surface area (TPSA) is 64.4 Å². The van der Waals surface area contributed by atoms with E-state index in [1.54, 1.807) is 24.3 Å². The first kappa shape index (κ1) is 13.0. The van der Waals surface area contributed by atoms with Gasteiger partial charge in [0.2, 0.25) is 5.75 Å². The van der Waals surface area contributed by atoms with E-state index in [1.165, 1.54) is 6.07 Å². The van der Waals surface area contributed by atoms with E-state index in [1.807, 2.05) is 25.2 Å². The highest BCUT2D eigenvalue weighted by Crippen LogP contribution is 2.32. The summed E-state index contributed by atoms with van der Waals surface area (Å²) in [6.07, 6.45) is 0. The lowest BCUT2D eigenvalue weighted by Gasteiger charge is -2.10. The van der Waals surface area contributed by atoms with Crippen LogP contribution in [0.25, 0.3) is 0 Å². The molecule has 1 N–H and O–H groups in total. The van der Waals surface area contributed by atoms with E-state index in [9.17, 15) is 10.1 Å². The second-order valence-corrected chi connectivity index (χ2v) is 3.96. The third-order valence-corrected chi connectivity index (χ3v) is 2.62. The number of para-hydroxylation sites is 3. The van der Waals surface area contributed by atoms with E-state index < -0.39 is 4.92 Å². The standard InChI is InChI=1S/C14H14N2O3/c1-15-10-11-6-2-4-8-13(11)19-14-9-5-3-7-12(14)16(17)18/h2-9,15H,10H2,1H3. The number of rotatable bonds is 5. The first-order valence-electron chi connectivity index (χ1n) is 5.86. The van der Waals surface area contributed by atoms with E-state index in [2.05, 4.69) is 5.32 Å². The lowest BCUT2D eigenvalue weighted by molar-refractivity contribution is -0.385. The van der Waals surface area contributed by atoms with Crippen molar-refractivity contribution in [1.29, 1.82) is 0 Å². The van der Waals surface area contributed by atoms with Crippen LogP contribution in [0.5, 0.6) is 11.5 Å². The summed E-state index contributed by atoms with van der Waals surface area (Å²) in [5.74, 6) is 0.863. The van der Waals surface area contributed by atoms with Crippen molar-refractivity contribution >= 4 is 5.69 Å². The fraction of sp³-hybridized carbons (Fsp3) is 0.143. The largest absolute Gasteiger partial charge is 0.450 e. The number of benzene rings is 2. The zero-order valence-electron chi connectivity index (χ0n) is 10.5. The summed E-state index contributed by atoms with van der Waals surface area (Å²) in [5.41, 5.74) is 0.907. The minimum Gasteiger partial charge on any atom is -0.450 e. The van der Waals surface area contributed by atoms with Crippen molar-refractivity contribution in [2.45, 2.75) is 6.54 Å². The Hall–Kier alpha value is -2.40. The summed E-state index contributed by atoms with van der Waals surface area (Å²) in [6.45, 7) is 0.636. The summed E-state index contributed by atoms with van der Waals surface area (Å²) in [4.78, 5) is 10.5.